The number of rotatable bonds is 8. The summed E-state index contributed by atoms with van der Waals surface area (Å²) in [5.74, 6) is 1.03. The lowest BCUT2D eigenvalue weighted by molar-refractivity contribution is -0.119. The van der Waals surface area contributed by atoms with Crippen LogP contribution in [0.4, 0.5) is 5.13 Å². The lowest BCUT2D eigenvalue weighted by Crippen LogP contribution is -2.18. The summed E-state index contributed by atoms with van der Waals surface area (Å²) in [6, 6.07) is 13.9. The van der Waals surface area contributed by atoms with Crippen LogP contribution in [-0.4, -0.2) is 21.8 Å². The number of aryl methyl sites for hydroxylation is 3. The summed E-state index contributed by atoms with van der Waals surface area (Å²) in [5.41, 5.74) is 6.14. The van der Waals surface area contributed by atoms with Gasteiger partial charge in [-0.3, -0.25) is 9.59 Å². The van der Waals surface area contributed by atoms with E-state index in [0.29, 0.717) is 29.7 Å². The Labute approximate surface area is 202 Å². The van der Waals surface area contributed by atoms with Crippen molar-refractivity contribution in [2.24, 2.45) is 0 Å². The molecule has 0 spiro atoms. The van der Waals surface area contributed by atoms with Crippen LogP contribution in [0.5, 0.6) is 0 Å². The number of oxazole rings is 1. The standard InChI is InChI=1S/C26H26N4O3S/c1-16-4-7-21(12-17(16)2)23-14-28-25(33-23)11-10-24(32)30-26-29-22(15-34-26)20-8-5-19(6-9-20)13-27-18(3)31/h4-9,12,14-15H,10-11,13H2,1-3H3,(H,27,31)(H,29,30,32). The van der Waals surface area contributed by atoms with Crippen LogP contribution in [0.2, 0.25) is 0 Å². The number of benzene rings is 2. The zero-order valence-electron chi connectivity index (χ0n) is 19.3. The summed E-state index contributed by atoms with van der Waals surface area (Å²) in [4.78, 5) is 32.3. The molecule has 2 aromatic carbocycles. The first-order chi connectivity index (χ1) is 16.4. The molecule has 0 aliphatic rings. The van der Waals surface area contributed by atoms with Crippen LogP contribution < -0.4 is 10.6 Å². The zero-order valence-corrected chi connectivity index (χ0v) is 20.2. The second-order valence-corrected chi connectivity index (χ2v) is 8.97. The van der Waals surface area contributed by atoms with Gasteiger partial charge in [0, 0.05) is 42.8 Å². The molecule has 4 rings (SSSR count). The van der Waals surface area contributed by atoms with Crippen LogP contribution in [0.3, 0.4) is 0 Å². The molecule has 0 aliphatic carbocycles. The highest BCUT2D eigenvalue weighted by atomic mass is 32.1. The molecule has 2 N–H and O–H groups in total. The molecule has 0 unspecified atom stereocenters. The van der Waals surface area contributed by atoms with Gasteiger partial charge in [0.1, 0.15) is 0 Å². The Kier molecular flexibility index (Phi) is 7.18. The third kappa shape index (κ3) is 5.96. The van der Waals surface area contributed by atoms with Crippen LogP contribution >= 0.6 is 11.3 Å². The topological polar surface area (TPSA) is 97.1 Å². The van der Waals surface area contributed by atoms with Gasteiger partial charge in [-0.05, 0) is 36.6 Å². The van der Waals surface area contributed by atoms with E-state index in [9.17, 15) is 9.59 Å². The summed E-state index contributed by atoms with van der Waals surface area (Å²) < 4.78 is 5.84. The Morgan fingerprint density at radius 2 is 1.79 bits per heavy atom. The SMILES string of the molecule is CC(=O)NCc1ccc(-c2csc(NC(=O)CCc3ncc(-c4ccc(C)c(C)c4)o3)n2)cc1. The molecule has 0 saturated carbocycles. The number of nitrogens with zero attached hydrogens (tertiary/aromatic N) is 2. The fourth-order valence-corrected chi connectivity index (χ4v) is 4.08. The highest BCUT2D eigenvalue weighted by molar-refractivity contribution is 7.14. The van der Waals surface area contributed by atoms with E-state index in [1.165, 1.54) is 29.4 Å². The molecule has 0 atom stereocenters. The van der Waals surface area contributed by atoms with Crippen molar-refractivity contribution >= 4 is 28.3 Å². The molecular weight excluding hydrogens is 448 g/mol. The molecule has 174 valence electrons. The van der Waals surface area contributed by atoms with Crippen molar-refractivity contribution in [3.63, 3.8) is 0 Å². The van der Waals surface area contributed by atoms with E-state index in [1.807, 2.05) is 35.7 Å². The molecule has 0 fully saturated rings. The van der Waals surface area contributed by atoms with Crippen LogP contribution in [-0.2, 0) is 22.6 Å². The Bertz CT molecular complexity index is 1310. The van der Waals surface area contributed by atoms with Gasteiger partial charge in [-0.25, -0.2) is 9.97 Å². The summed E-state index contributed by atoms with van der Waals surface area (Å²) in [6.07, 6.45) is 2.36. The van der Waals surface area contributed by atoms with Gasteiger partial charge in [-0.15, -0.1) is 11.3 Å². The normalized spacial score (nSPS) is 10.8. The predicted molar refractivity (Wildman–Crippen MR) is 133 cm³/mol. The Morgan fingerprint density at radius 3 is 2.53 bits per heavy atom. The van der Waals surface area contributed by atoms with Crippen molar-refractivity contribution < 1.29 is 14.0 Å². The molecule has 8 heteroatoms. The van der Waals surface area contributed by atoms with E-state index in [0.717, 1.165) is 22.4 Å². The van der Waals surface area contributed by atoms with E-state index >= 15 is 0 Å². The van der Waals surface area contributed by atoms with E-state index < -0.39 is 0 Å². The van der Waals surface area contributed by atoms with Crippen molar-refractivity contribution in [2.45, 2.75) is 40.2 Å². The van der Waals surface area contributed by atoms with Crippen LogP contribution in [0.1, 0.15) is 35.9 Å². The summed E-state index contributed by atoms with van der Waals surface area (Å²) in [5, 5.41) is 8.08. The number of anilines is 1. The molecule has 2 amide bonds. The minimum absolute atomic E-state index is 0.0615. The van der Waals surface area contributed by atoms with Crippen LogP contribution in [0.15, 0.2) is 58.5 Å². The fourth-order valence-electron chi connectivity index (χ4n) is 3.34. The maximum atomic E-state index is 12.4. The fraction of sp³-hybridized carbons (Fsp3) is 0.231. The van der Waals surface area contributed by atoms with Gasteiger partial charge in [0.2, 0.25) is 11.8 Å². The number of carbonyl (C=O) groups excluding carboxylic acids is 2. The van der Waals surface area contributed by atoms with Crippen molar-refractivity contribution in [3.8, 4) is 22.6 Å². The zero-order chi connectivity index (χ0) is 24.1. The molecule has 0 bridgehead atoms. The first-order valence-electron chi connectivity index (χ1n) is 11.0. The summed E-state index contributed by atoms with van der Waals surface area (Å²) in [6.45, 7) is 6.12. The van der Waals surface area contributed by atoms with E-state index in [-0.39, 0.29) is 18.2 Å². The molecule has 7 nitrogen and oxygen atoms in total. The molecule has 2 aromatic heterocycles. The van der Waals surface area contributed by atoms with E-state index in [4.69, 9.17) is 4.42 Å². The van der Waals surface area contributed by atoms with Gasteiger partial charge >= 0.3 is 0 Å². The molecule has 0 saturated heterocycles. The van der Waals surface area contributed by atoms with Gasteiger partial charge in [0.25, 0.3) is 0 Å². The van der Waals surface area contributed by atoms with E-state index in [1.54, 1.807) is 6.20 Å². The van der Waals surface area contributed by atoms with Crippen molar-refractivity contribution in [2.75, 3.05) is 5.32 Å². The minimum Gasteiger partial charge on any atom is -0.441 e. The van der Waals surface area contributed by atoms with Gasteiger partial charge in [-0.1, -0.05) is 36.4 Å². The van der Waals surface area contributed by atoms with Crippen LogP contribution in [0, 0.1) is 13.8 Å². The second-order valence-electron chi connectivity index (χ2n) is 8.11. The predicted octanol–water partition coefficient (Wildman–Crippen LogP) is 5.29. The lowest BCUT2D eigenvalue weighted by atomic mass is 10.1. The lowest BCUT2D eigenvalue weighted by Gasteiger charge is -2.03. The Morgan fingerprint density at radius 1 is 1.03 bits per heavy atom. The number of aromatic nitrogens is 2. The van der Waals surface area contributed by atoms with Gasteiger partial charge < -0.3 is 15.1 Å². The first kappa shape index (κ1) is 23.4. The first-order valence-corrected chi connectivity index (χ1v) is 11.9. The number of thiazole rings is 1. The average Bonchev–Trinajstić information content (AvgIpc) is 3.48. The average molecular weight is 475 g/mol. The van der Waals surface area contributed by atoms with Crippen molar-refractivity contribution in [1.29, 1.82) is 0 Å². The third-order valence-electron chi connectivity index (χ3n) is 5.45. The summed E-state index contributed by atoms with van der Waals surface area (Å²) in [7, 11) is 0. The molecule has 4 aromatic rings. The van der Waals surface area contributed by atoms with Gasteiger partial charge in [0.05, 0.1) is 11.9 Å². The number of nitrogens with one attached hydrogen (secondary N) is 2. The molecule has 0 aliphatic heterocycles. The molecule has 34 heavy (non-hydrogen) atoms. The van der Waals surface area contributed by atoms with Gasteiger partial charge in [0.15, 0.2) is 16.8 Å². The van der Waals surface area contributed by atoms with Crippen molar-refractivity contribution in [3.05, 3.63) is 76.6 Å². The molecule has 0 radical (unpaired) electrons. The Balaban J connectivity index is 1.30. The summed E-state index contributed by atoms with van der Waals surface area (Å²) >= 11 is 1.38. The number of hydrogen-bond donors (Lipinski definition) is 2. The highest BCUT2D eigenvalue weighted by Gasteiger charge is 2.12. The highest BCUT2D eigenvalue weighted by Crippen LogP contribution is 2.26. The largest absolute Gasteiger partial charge is 0.441 e. The Hall–Kier alpha value is -3.78. The van der Waals surface area contributed by atoms with Gasteiger partial charge in [-0.2, -0.15) is 0 Å². The number of amides is 2. The smallest absolute Gasteiger partial charge is 0.226 e. The molecule has 2 heterocycles. The second kappa shape index (κ2) is 10.4. The molecular formula is C26H26N4O3S. The monoisotopic (exact) mass is 474 g/mol. The number of hydrogen-bond acceptors (Lipinski definition) is 6. The van der Waals surface area contributed by atoms with E-state index in [2.05, 4.69) is 46.6 Å². The third-order valence-corrected chi connectivity index (χ3v) is 6.21. The quantitative estimate of drug-likeness (QED) is 0.362. The number of carbonyl (C=O) groups is 2. The maximum absolute atomic E-state index is 12.4. The van der Waals surface area contributed by atoms with Crippen molar-refractivity contribution in [1.82, 2.24) is 15.3 Å². The maximum Gasteiger partial charge on any atom is 0.226 e. The van der Waals surface area contributed by atoms with Crippen LogP contribution in [0.25, 0.3) is 22.6 Å². The minimum atomic E-state index is -0.141.